The lowest BCUT2D eigenvalue weighted by Gasteiger charge is -2.08. The molecule has 0 bridgehead atoms. The van der Waals surface area contributed by atoms with E-state index in [2.05, 4.69) is 0 Å². The number of benzene rings is 1. The fraction of sp³-hybridized carbons (Fsp3) is 0.0909. The highest BCUT2D eigenvalue weighted by molar-refractivity contribution is 7.94. The number of nitro benzene ring substituents is 1. The Morgan fingerprint density at radius 3 is 2.62 bits per heavy atom. The number of nitrogens with zero attached hydrogens (tertiary/aromatic N) is 1. The van der Waals surface area contributed by atoms with E-state index in [-0.39, 0.29) is 4.21 Å². The molecule has 1 aromatic carbocycles. The van der Waals surface area contributed by atoms with Crippen molar-refractivity contribution in [2.75, 3.05) is 4.72 Å². The number of halogens is 1. The highest BCUT2D eigenvalue weighted by atomic mass is 35.5. The topological polar surface area (TPSA) is 110 Å². The molecule has 1 aromatic heterocycles. The van der Waals surface area contributed by atoms with Gasteiger partial charge in [-0.25, -0.2) is 8.42 Å². The van der Waals surface area contributed by atoms with Crippen LogP contribution in [0.1, 0.15) is 5.56 Å². The second-order valence-corrected chi connectivity index (χ2v) is 7.62. The number of phenolic OH excluding ortho intramolecular Hbond substituents is 1. The maximum Gasteiger partial charge on any atom is 0.297 e. The number of nitro groups is 1. The van der Waals surface area contributed by atoms with Crippen molar-refractivity contribution in [3.63, 3.8) is 0 Å². The number of aryl methyl sites for hydroxylation is 1. The van der Waals surface area contributed by atoms with Crippen molar-refractivity contribution in [1.29, 1.82) is 0 Å². The Morgan fingerprint density at radius 1 is 1.43 bits per heavy atom. The summed E-state index contributed by atoms with van der Waals surface area (Å²) < 4.78 is 26.6. The van der Waals surface area contributed by atoms with Gasteiger partial charge in [0, 0.05) is 6.07 Å². The summed E-state index contributed by atoms with van der Waals surface area (Å²) in [4.78, 5) is 10.1. The summed E-state index contributed by atoms with van der Waals surface area (Å²) in [6.45, 7) is 1.64. The van der Waals surface area contributed by atoms with Crippen LogP contribution in [0.4, 0.5) is 11.4 Å². The van der Waals surface area contributed by atoms with Gasteiger partial charge in [0.25, 0.3) is 15.7 Å². The number of anilines is 1. The molecular weight excluding hydrogens is 340 g/mol. The number of thiophene rings is 1. The molecule has 1 heterocycles. The number of nitrogens with one attached hydrogen (secondary N) is 1. The Kier molecular flexibility index (Phi) is 4.08. The molecule has 0 amide bonds. The minimum absolute atomic E-state index is 0.0949. The number of hydrogen-bond donors (Lipinski definition) is 2. The van der Waals surface area contributed by atoms with Crippen molar-refractivity contribution in [3.8, 4) is 5.75 Å². The Hall–Kier alpha value is -1.84. The number of hydrogen-bond acceptors (Lipinski definition) is 6. The molecule has 7 nitrogen and oxygen atoms in total. The summed E-state index contributed by atoms with van der Waals surface area (Å²) in [6, 6.07) is 4.83. The van der Waals surface area contributed by atoms with Crippen LogP contribution in [0.25, 0.3) is 0 Å². The fourth-order valence-corrected chi connectivity index (χ4v) is 4.33. The van der Waals surface area contributed by atoms with Crippen molar-refractivity contribution in [1.82, 2.24) is 0 Å². The van der Waals surface area contributed by atoms with E-state index in [9.17, 15) is 23.6 Å². The van der Waals surface area contributed by atoms with Gasteiger partial charge in [0.2, 0.25) is 0 Å². The van der Waals surface area contributed by atoms with Crippen molar-refractivity contribution in [2.24, 2.45) is 0 Å². The van der Waals surface area contributed by atoms with Crippen molar-refractivity contribution in [3.05, 3.63) is 44.3 Å². The Morgan fingerprint density at radius 2 is 2.10 bits per heavy atom. The molecule has 0 spiro atoms. The van der Waals surface area contributed by atoms with Crippen LogP contribution in [-0.4, -0.2) is 18.4 Å². The predicted octanol–water partition coefficient (Wildman–Crippen LogP) is 3.12. The molecule has 0 aliphatic carbocycles. The van der Waals surface area contributed by atoms with Gasteiger partial charge in [0.15, 0.2) is 5.69 Å². The maximum absolute atomic E-state index is 12.2. The minimum atomic E-state index is -4.07. The molecule has 112 valence electrons. The van der Waals surface area contributed by atoms with Crippen molar-refractivity contribution in [2.45, 2.75) is 11.1 Å². The standard InChI is InChI=1S/C11H9ClN2O5S2/c1-6-5-9(20-11(6)12)21(18,19)13-10-7(14(16)17)3-2-4-8(10)15/h2-5,13,15H,1H3. The van der Waals surface area contributed by atoms with E-state index >= 15 is 0 Å². The first-order valence-electron chi connectivity index (χ1n) is 5.47. The summed E-state index contributed by atoms with van der Waals surface area (Å²) in [7, 11) is -4.07. The van der Waals surface area contributed by atoms with Gasteiger partial charge >= 0.3 is 0 Å². The van der Waals surface area contributed by atoms with E-state index in [1.807, 2.05) is 4.72 Å². The Labute approximate surface area is 129 Å². The molecule has 0 aliphatic heterocycles. The average molecular weight is 349 g/mol. The van der Waals surface area contributed by atoms with Crippen LogP contribution in [0.2, 0.25) is 4.34 Å². The minimum Gasteiger partial charge on any atom is -0.505 e. The Bertz CT molecular complexity index is 797. The van der Waals surface area contributed by atoms with Crippen LogP contribution >= 0.6 is 22.9 Å². The zero-order valence-corrected chi connectivity index (χ0v) is 12.9. The zero-order chi connectivity index (χ0) is 15.8. The largest absolute Gasteiger partial charge is 0.505 e. The van der Waals surface area contributed by atoms with Crippen molar-refractivity contribution >= 4 is 44.3 Å². The third-order valence-corrected chi connectivity index (χ3v) is 5.93. The molecule has 0 radical (unpaired) electrons. The molecule has 2 rings (SSSR count). The SMILES string of the molecule is Cc1cc(S(=O)(=O)Nc2c(O)cccc2[N+](=O)[O-])sc1Cl. The maximum atomic E-state index is 12.2. The van der Waals surface area contributed by atoms with E-state index in [0.29, 0.717) is 9.90 Å². The summed E-state index contributed by atoms with van der Waals surface area (Å²) in [5, 5.41) is 20.6. The highest BCUT2D eigenvalue weighted by Crippen LogP contribution is 2.37. The van der Waals surface area contributed by atoms with E-state index in [1.165, 1.54) is 12.1 Å². The lowest BCUT2D eigenvalue weighted by Crippen LogP contribution is -2.13. The number of sulfonamides is 1. The van der Waals surface area contributed by atoms with Crippen LogP contribution in [0.15, 0.2) is 28.5 Å². The van der Waals surface area contributed by atoms with Crippen LogP contribution in [0.3, 0.4) is 0 Å². The lowest BCUT2D eigenvalue weighted by molar-refractivity contribution is -0.383. The van der Waals surface area contributed by atoms with E-state index in [1.54, 1.807) is 6.92 Å². The molecular formula is C11H9ClN2O5S2. The lowest BCUT2D eigenvalue weighted by atomic mass is 10.2. The van der Waals surface area contributed by atoms with E-state index in [0.717, 1.165) is 23.5 Å². The summed E-state index contributed by atoms with van der Waals surface area (Å²) >= 11 is 6.64. The quantitative estimate of drug-likeness (QED) is 0.501. The van der Waals surface area contributed by atoms with Gasteiger partial charge in [-0.1, -0.05) is 17.7 Å². The molecule has 21 heavy (non-hydrogen) atoms. The zero-order valence-electron chi connectivity index (χ0n) is 10.5. The molecule has 0 fully saturated rings. The second kappa shape index (κ2) is 5.51. The van der Waals surface area contributed by atoms with Gasteiger partial charge in [-0.05, 0) is 24.6 Å². The first-order valence-corrected chi connectivity index (χ1v) is 8.15. The average Bonchev–Trinajstić information content (AvgIpc) is 2.72. The smallest absolute Gasteiger partial charge is 0.297 e. The number of rotatable bonds is 4. The monoisotopic (exact) mass is 348 g/mol. The molecule has 0 atom stereocenters. The number of phenols is 1. The first-order chi connectivity index (χ1) is 9.72. The number of aromatic hydroxyl groups is 1. The van der Waals surface area contributed by atoms with Gasteiger partial charge in [0.05, 0.1) is 9.26 Å². The molecule has 2 aromatic rings. The van der Waals surface area contributed by atoms with Gasteiger partial charge in [0.1, 0.15) is 9.96 Å². The van der Waals surface area contributed by atoms with E-state index < -0.39 is 32.1 Å². The third kappa shape index (κ3) is 3.09. The highest BCUT2D eigenvalue weighted by Gasteiger charge is 2.25. The summed E-state index contributed by atoms with van der Waals surface area (Å²) in [6.07, 6.45) is 0. The summed E-state index contributed by atoms with van der Waals surface area (Å²) in [5.74, 6) is -0.535. The molecule has 0 unspecified atom stereocenters. The van der Waals surface area contributed by atoms with Gasteiger partial charge < -0.3 is 5.11 Å². The first kappa shape index (κ1) is 15.5. The number of para-hydroxylation sites is 1. The molecule has 0 saturated carbocycles. The molecule has 10 heteroatoms. The van der Waals surface area contributed by atoms with Crippen LogP contribution in [0, 0.1) is 17.0 Å². The van der Waals surface area contributed by atoms with Crippen LogP contribution in [-0.2, 0) is 10.0 Å². The molecule has 2 N–H and O–H groups in total. The second-order valence-electron chi connectivity index (χ2n) is 4.06. The molecule has 0 aliphatic rings. The van der Waals surface area contributed by atoms with Crippen LogP contribution < -0.4 is 4.72 Å². The van der Waals surface area contributed by atoms with Gasteiger partial charge in [-0.15, -0.1) is 11.3 Å². The fourth-order valence-electron chi connectivity index (χ4n) is 1.53. The van der Waals surface area contributed by atoms with Crippen molar-refractivity contribution < 1.29 is 18.4 Å². The predicted molar refractivity (Wildman–Crippen MR) is 79.6 cm³/mol. The van der Waals surface area contributed by atoms with Crippen LogP contribution in [0.5, 0.6) is 5.75 Å². The normalized spacial score (nSPS) is 11.3. The van der Waals surface area contributed by atoms with Gasteiger partial charge in [-0.3, -0.25) is 14.8 Å². The Balaban J connectivity index is 2.49. The summed E-state index contributed by atoms with van der Waals surface area (Å²) in [5.41, 5.74) is -0.448. The third-order valence-electron chi connectivity index (χ3n) is 2.55. The molecule has 0 saturated heterocycles. The van der Waals surface area contributed by atoms with E-state index in [4.69, 9.17) is 11.6 Å². The van der Waals surface area contributed by atoms with Gasteiger partial charge in [-0.2, -0.15) is 0 Å².